The van der Waals surface area contributed by atoms with Crippen LogP contribution in [0.4, 0.5) is 0 Å². The Kier molecular flexibility index (Phi) is 5.84. The van der Waals surface area contributed by atoms with E-state index < -0.39 is 10.2 Å². The van der Waals surface area contributed by atoms with E-state index in [0.29, 0.717) is 25.6 Å². The third-order valence-electron chi connectivity index (χ3n) is 4.79. The summed E-state index contributed by atoms with van der Waals surface area (Å²) in [5.41, 5.74) is 0. The molecule has 0 aromatic rings. The SMILES string of the molecule is CC1CCCN(S(=O)(=O)NCC2CCCCC2CO)C1. The Labute approximate surface area is 122 Å². The van der Waals surface area contributed by atoms with Crippen molar-refractivity contribution in [1.82, 2.24) is 9.03 Å². The Morgan fingerprint density at radius 3 is 2.50 bits per heavy atom. The number of rotatable bonds is 5. The molecule has 0 radical (unpaired) electrons. The number of piperidine rings is 1. The fourth-order valence-electron chi connectivity index (χ4n) is 3.46. The maximum absolute atomic E-state index is 12.3. The van der Waals surface area contributed by atoms with E-state index in [1.54, 1.807) is 4.31 Å². The smallest absolute Gasteiger partial charge is 0.279 e. The molecule has 1 aliphatic carbocycles. The largest absolute Gasteiger partial charge is 0.396 e. The van der Waals surface area contributed by atoms with Crippen molar-refractivity contribution < 1.29 is 13.5 Å². The molecule has 1 aliphatic heterocycles. The van der Waals surface area contributed by atoms with Crippen molar-refractivity contribution in [1.29, 1.82) is 0 Å². The van der Waals surface area contributed by atoms with Gasteiger partial charge in [0.15, 0.2) is 0 Å². The van der Waals surface area contributed by atoms with Gasteiger partial charge in [0, 0.05) is 26.2 Å². The Balaban J connectivity index is 1.88. The highest BCUT2D eigenvalue weighted by Gasteiger charge is 2.30. The predicted molar refractivity (Wildman–Crippen MR) is 79.4 cm³/mol. The van der Waals surface area contributed by atoms with Gasteiger partial charge in [-0.25, -0.2) is 4.72 Å². The molecule has 6 heteroatoms. The van der Waals surface area contributed by atoms with Crippen LogP contribution in [0.15, 0.2) is 0 Å². The van der Waals surface area contributed by atoms with Crippen LogP contribution >= 0.6 is 0 Å². The molecule has 118 valence electrons. The summed E-state index contributed by atoms with van der Waals surface area (Å²) in [5, 5.41) is 9.39. The predicted octanol–water partition coefficient (Wildman–Crippen LogP) is 1.35. The van der Waals surface area contributed by atoms with Gasteiger partial charge in [0.05, 0.1) is 0 Å². The van der Waals surface area contributed by atoms with Crippen LogP contribution in [-0.4, -0.2) is 44.1 Å². The molecule has 1 saturated carbocycles. The third kappa shape index (κ3) is 4.16. The Morgan fingerprint density at radius 1 is 1.15 bits per heavy atom. The summed E-state index contributed by atoms with van der Waals surface area (Å²) >= 11 is 0. The zero-order valence-electron chi connectivity index (χ0n) is 12.4. The average molecular weight is 304 g/mol. The summed E-state index contributed by atoms with van der Waals surface area (Å²) in [6.07, 6.45) is 6.39. The third-order valence-corrected chi connectivity index (χ3v) is 6.33. The van der Waals surface area contributed by atoms with Crippen molar-refractivity contribution in [2.45, 2.75) is 45.4 Å². The molecule has 20 heavy (non-hydrogen) atoms. The molecule has 2 rings (SSSR count). The van der Waals surface area contributed by atoms with Crippen LogP contribution in [-0.2, 0) is 10.2 Å². The van der Waals surface area contributed by atoms with Gasteiger partial charge in [0.1, 0.15) is 0 Å². The molecule has 0 bridgehead atoms. The van der Waals surface area contributed by atoms with Crippen LogP contribution in [0.3, 0.4) is 0 Å². The Hall–Kier alpha value is -0.170. The molecule has 1 heterocycles. The normalized spacial score (nSPS) is 33.2. The van der Waals surface area contributed by atoms with E-state index in [0.717, 1.165) is 38.5 Å². The van der Waals surface area contributed by atoms with Gasteiger partial charge in [-0.1, -0.05) is 19.8 Å². The zero-order valence-corrected chi connectivity index (χ0v) is 13.2. The van der Waals surface area contributed by atoms with Crippen molar-refractivity contribution in [3.8, 4) is 0 Å². The Bertz CT molecular complexity index is 399. The van der Waals surface area contributed by atoms with Gasteiger partial charge in [-0.3, -0.25) is 0 Å². The molecule has 2 aliphatic rings. The topological polar surface area (TPSA) is 69.6 Å². The van der Waals surface area contributed by atoms with Crippen molar-refractivity contribution in [2.75, 3.05) is 26.2 Å². The lowest BCUT2D eigenvalue weighted by molar-refractivity contribution is 0.136. The molecule has 2 N–H and O–H groups in total. The first-order chi connectivity index (χ1) is 9.53. The summed E-state index contributed by atoms with van der Waals surface area (Å²) in [4.78, 5) is 0. The van der Waals surface area contributed by atoms with Crippen LogP contribution in [0.2, 0.25) is 0 Å². The van der Waals surface area contributed by atoms with Gasteiger partial charge < -0.3 is 5.11 Å². The molecule has 1 saturated heterocycles. The summed E-state index contributed by atoms with van der Waals surface area (Å²) in [5.74, 6) is 0.984. The van der Waals surface area contributed by atoms with E-state index in [1.807, 2.05) is 0 Å². The molecule has 0 aromatic carbocycles. The van der Waals surface area contributed by atoms with E-state index in [9.17, 15) is 13.5 Å². The number of aliphatic hydroxyl groups excluding tert-OH is 1. The standard InChI is InChI=1S/C14H28N2O3S/c1-12-5-4-8-16(10-12)20(18,19)15-9-13-6-2-3-7-14(13)11-17/h12-15,17H,2-11H2,1H3. The van der Waals surface area contributed by atoms with E-state index in [2.05, 4.69) is 11.6 Å². The van der Waals surface area contributed by atoms with Gasteiger partial charge in [-0.05, 0) is 43.4 Å². The average Bonchev–Trinajstić information content (AvgIpc) is 2.45. The number of hydrogen-bond acceptors (Lipinski definition) is 3. The van der Waals surface area contributed by atoms with E-state index in [1.165, 1.54) is 0 Å². The number of nitrogens with one attached hydrogen (secondary N) is 1. The number of hydrogen-bond donors (Lipinski definition) is 2. The Morgan fingerprint density at radius 2 is 1.85 bits per heavy atom. The van der Waals surface area contributed by atoms with Crippen molar-refractivity contribution in [3.05, 3.63) is 0 Å². The summed E-state index contributed by atoms with van der Waals surface area (Å²) in [7, 11) is -3.35. The first-order valence-electron chi connectivity index (χ1n) is 7.88. The van der Waals surface area contributed by atoms with Gasteiger partial charge in [0.25, 0.3) is 10.2 Å². The summed E-state index contributed by atoms with van der Waals surface area (Å²) < 4.78 is 29.0. The minimum atomic E-state index is -3.35. The van der Waals surface area contributed by atoms with Gasteiger partial charge in [-0.2, -0.15) is 12.7 Å². The second-order valence-corrected chi connectivity index (χ2v) is 8.20. The lowest BCUT2D eigenvalue weighted by Crippen LogP contribution is -2.47. The molecule has 0 aromatic heterocycles. The van der Waals surface area contributed by atoms with Gasteiger partial charge >= 0.3 is 0 Å². The van der Waals surface area contributed by atoms with E-state index >= 15 is 0 Å². The molecule has 3 atom stereocenters. The van der Waals surface area contributed by atoms with Crippen LogP contribution in [0.1, 0.15) is 45.4 Å². The van der Waals surface area contributed by atoms with Gasteiger partial charge in [-0.15, -0.1) is 0 Å². The highest BCUT2D eigenvalue weighted by atomic mass is 32.2. The highest BCUT2D eigenvalue weighted by Crippen LogP contribution is 2.29. The van der Waals surface area contributed by atoms with Crippen LogP contribution < -0.4 is 4.72 Å². The maximum Gasteiger partial charge on any atom is 0.279 e. The minimum Gasteiger partial charge on any atom is -0.396 e. The molecule has 3 unspecified atom stereocenters. The lowest BCUT2D eigenvalue weighted by Gasteiger charge is -2.33. The van der Waals surface area contributed by atoms with Crippen molar-refractivity contribution >= 4 is 10.2 Å². The van der Waals surface area contributed by atoms with Crippen LogP contribution in [0.25, 0.3) is 0 Å². The summed E-state index contributed by atoms with van der Waals surface area (Å²) in [6, 6.07) is 0. The van der Waals surface area contributed by atoms with Crippen molar-refractivity contribution in [2.24, 2.45) is 17.8 Å². The summed E-state index contributed by atoms with van der Waals surface area (Å²) in [6.45, 7) is 4.01. The molecule has 0 amide bonds. The minimum absolute atomic E-state index is 0.174. The molecule has 5 nitrogen and oxygen atoms in total. The fourth-order valence-corrected chi connectivity index (χ4v) is 4.89. The second-order valence-electron chi connectivity index (χ2n) is 6.45. The van der Waals surface area contributed by atoms with Crippen LogP contribution in [0, 0.1) is 17.8 Å². The maximum atomic E-state index is 12.3. The number of nitrogens with zero attached hydrogens (tertiary/aromatic N) is 1. The molecule has 0 spiro atoms. The van der Waals surface area contributed by atoms with Gasteiger partial charge in [0.2, 0.25) is 0 Å². The zero-order chi connectivity index (χ0) is 14.6. The quantitative estimate of drug-likeness (QED) is 0.805. The van der Waals surface area contributed by atoms with E-state index in [-0.39, 0.29) is 18.4 Å². The first kappa shape index (κ1) is 16.2. The van der Waals surface area contributed by atoms with Crippen LogP contribution in [0.5, 0.6) is 0 Å². The molecule has 2 fully saturated rings. The second kappa shape index (κ2) is 7.20. The lowest BCUT2D eigenvalue weighted by atomic mass is 9.80. The fraction of sp³-hybridized carbons (Fsp3) is 1.00. The molecular weight excluding hydrogens is 276 g/mol. The first-order valence-corrected chi connectivity index (χ1v) is 9.32. The highest BCUT2D eigenvalue weighted by molar-refractivity contribution is 7.87. The monoisotopic (exact) mass is 304 g/mol. The van der Waals surface area contributed by atoms with E-state index in [4.69, 9.17) is 0 Å². The molecular formula is C14H28N2O3S. The van der Waals surface area contributed by atoms with Crippen molar-refractivity contribution in [3.63, 3.8) is 0 Å². The number of aliphatic hydroxyl groups is 1.